The minimum absolute atomic E-state index is 0.213. The van der Waals surface area contributed by atoms with Gasteiger partial charge in [-0.3, -0.25) is 15.0 Å². The summed E-state index contributed by atoms with van der Waals surface area (Å²) < 4.78 is 0. The van der Waals surface area contributed by atoms with Crippen molar-refractivity contribution in [2.75, 3.05) is 10.6 Å². The number of aromatic nitrogens is 1. The number of benzene rings is 2. The fraction of sp³-hybridized carbons (Fsp3) is 0. The molecule has 0 saturated carbocycles. The number of anilines is 2. The molecule has 2 aromatic carbocycles. The average Bonchev–Trinajstić information content (AvgIpc) is 2.75. The molecule has 0 bridgehead atoms. The van der Waals surface area contributed by atoms with Crippen molar-refractivity contribution in [1.82, 2.24) is 4.98 Å². The molecule has 9 heteroatoms. The lowest BCUT2D eigenvalue weighted by Gasteiger charge is -2.11. The first kappa shape index (κ1) is 20.0. The minimum atomic E-state index is -0.431. The number of para-hydroxylation sites is 1. The SMILES string of the molecule is N=C(ON)c1ccc(C(=O)Nc2ccccc2C(=O)Nc2ccc(Cl)cn2)cc1. The van der Waals surface area contributed by atoms with E-state index < -0.39 is 11.8 Å². The van der Waals surface area contributed by atoms with Crippen LogP contribution in [0.2, 0.25) is 5.02 Å². The highest BCUT2D eigenvalue weighted by Gasteiger charge is 2.15. The Kier molecular flexibility index (Phi) is 6.18. The summed E-state index contributed by atoms with van der Waals surface area (Å²) in [7, 11) is 0. The lowest BCUT2D eigenvalue weighted by Crippen LogP contribution is -2.18. The molecule has 0 aliphatic carbocycles. The Labute approximate surface area is 171 Å². The Morgan fingerprint density at radius 1 is 0.931 bits per heavy atom. The molecule has 1 aromatic heterocycles. The predicted octanol–water partition coefficient (Wildman–Crippen LogP) is 3.46. The average molecular weight is 410 g/mol. The van der Waals surface area contributed by atoms with Crippen LogP contribution in [0.3, 0.4) is 0 Å². The number of hydrogen-bond donors (Lipinski definition) is 4. The molecule has 29 heavy (non-hydrogen) atoms. The van der Waals surface area contributed by atoms with Gasteiger partial charge < -0.3 is 15.5 Å². The van der Waals surface area contributed by atoms with Gasteiger partial charge in [-0.25, -0.2) is 4.98 Å². The quantitative estimate of drug-likeness (QED) is 0.291. The second-order valence-electron chi connectivity index (χ2n) is 5.84. The second kappa shape index (κ2) is 8.96. The van der Waals surface area contributed by atoms with Gasteiger partial charge in [-0.1, -0.05) is 23.7 Å². The van der Waals surface area contributed by atoms with E-state index in [-0.39, 0.29) is 11.5 Å². The highest BCUT2D eigenvalue weighted by Crippen LogP contribution is 2.19. The van der Waals surface area contributed by atoms with E-state index in [0.29, 0.717) is 27.7 Å². The molecule has 146 valence electrons. The molecule has 0 fully saturated rings. The van der Waals surface area contributed by atoms with Gasteiger partial charge in [-0.2, -0.15) is 5.90 Å². The van der Waals surface area contributed by atoms with Crippen LogP contribution in [0.15, 0.2) is 66.9 Å². The minimum Gasteiger partial charge on any atom is -0.391 e. The molecule has 2 amide bonds. The van der Waals surface area contributed by atoms with E-state index in [1.54, 1.807) is 36.4 Å². The van der Waals surface area contributed by atoms with Crippen LogP contribution in [-0.4, -0.2) is 22.7 Å². The van der Waals surface area contributed by atoms with E-state index in [1.807, 2.05) is 0 Å². The van der Waals surface area contributed by atoms with Crippen molar-refractivity contribution in [2.24, 2.45) is 5.90 Å². The third-order valence-corrected chi connectivity index (χ3v) is 4.14. The maximum Gasteiger partial charge on any atom is 0.258 e. The highest BCUT2D eigenvalue weighted by atomic mass is 35.5. The monoisotopic (exact) mass is 409 g/mol. The van der Waals surface area contributed by atoms with Gasteiger partial charge >= 0.3 is 0 Å². The number of amides is 2. The Morgan fingerprint density at radius 3 is 2.28 bits per heavy atom. The standard InChI is InChI=1S/C20H16ClN5O3/c21-14-9-10-17(24-11-14)26-20(28)15-3-1-2-4-16(15)25-19(27)13-7-5-12(6-8-13)18(22)29-23/h1-11,22H,23H2,(H,25,27)(H,24,26,28). The fourth-order valence-corrected chi connectivity index (χ4v) is 2.57. The summed E-state index contributed by atoms with van der Waals surface area (Å²) in [4.78, 5) is 33.5. The van der Waals surface area contributed by atoms with Crippen LogP contribution in [0, 0.1) is 5.41 Å². The van der Waals surface area contributed by atoms with Crippen LogP contribution in [0.5, 0.6) is 0 Å². The predicted molar refractivity (Wildman–Crippen MR) is 110 cm³/mol. The molecule has 0 radical (unpaired) electrons. The van der Waals surface area contributed by atoms with E-state index in [1.165, 1.54) is 30.5 Å². The summed E-state index contributed by atoms with van der Waals surface area (Å²) in [5.41, 5.74) is 1.38. The van der Waals surface area contributed by atoms with E-state index >= 15 is 0 Å². The highest BCUT2D eigenvalue weighted by molar-refractivity contribution is 6.30. The van der Waals surface area contributed by atoms with Crippen LogP contribution in [0.1, 0.15) is 26.3 Å². The topological polar surface area (TPSA) is 130 Å². The van der Waals surface area contributed by atoms with Gasteiger partial charge in [0, 0.05) is 17.3 Å². The van der Waals surface area contributed by atoms with Crippen LogP contribution in [0.4, 0.5) is 11.5 Å². The van der Waals surface area contributed by atoms with Crippen LogP contribution >= 0.6 is 11.6 Å². The number of nitrogens with one attached hydrogen (secondary N) is 3. The molecule has 0 aliphatic heterocycles. The summed E-state index contributed by atoms with van der Waals surface area (Å²) in [5, 5.41) is 13.3. The zero-order valence-corrected chi connectivity index (χ0v) is 15.7. The number of pyridine rings is 1. The largest absolute Gasteiger partial charge is 0.391 e. The summed E-state index contributed by atoms with van der Waals surface area (Å²) in [6, 6.07) is 15.9. The van der Waals surface area contributed by atoms with Crippen molar-refractivity contribution in [2.45, 2.75) is 0 Å². The van der Waals surface area contributed by atoms with Gasteiger partial charge in [0.1, 0.15) is 5.82 Å². The molecule has 0 aliphatic rings. The van der Waals surface area contributed by atoms with E-state index in [4.69, 9.17) is 22.9 Å². The van der Waals surface area contributed by atoms with E-state index in [0.717, 1.165) is 0 Å². The molecule has 5 N–H and O–H groups in total. The van der Waals surface area contributed by atoms with Gasteiger partial charge in [-0.15, -0.1) is 0 Å². The fourth-order valence-electron chi connectivity index (χ4n) is 2.46. The van der Waals surface area contributed by atoms with Gasteiger partial charge in [-0.05, 0) is 48.5 Å². The van der Waals surface area contributed by atoms with Crippen molar-refractivity contribution >= 4 is 40.8 Å². The molecule has 3 rings (SSSR count). The maximum absolute atomic E-state index is 12.6. The molecule has 0 spiro atoms. The third-order valence-electron chi connectivity index (χ3n) is 3.92. The molecule has 3 aromatic rings. The molecule has 0 saturated heterocycles. The first-order valence-electron chi connectivity index (χ1n) is 8.37. The van der Waals surface area contributed by atoms with Gasteiger partial charge in [0.05, 0.1) is 16.3 Å². The Bertz CT molecular complexity index is 1050. The van der Waals surface area contributed by atoms with Crippen molar-refractivity contribution in [3.05, 3.63) is 88.6 Å². The second-order valence-corrected chi connectivity index (χ2v) is 6.28. The number of rotatable bonds is 5. The molecule has 0 atom stereocenters. The first-order valence-corrected chi connectivity index (χ1v) is 8.74. The van der Waals surface area contributed by atoms with Crippen molar-refractivity contribution in [3.63, 3.8) is 0 Å². The van der Waals surface area contributed by atoms with Gasteiger partial charge in [0.25, 0.3) is 11.8 Å². The molecular formula is C20H16ClN5O3. The number of carbonyl (C=O) groups is 2. The van der Waals surface area contributed by atoms with Crippen LogP contribution in [-0.2, 0) is 4.84 Å². The van der Waals surface area contributed by atoms with Crippen molar-refractivity contribution < 1.29 is 14.4 Å². The van der Waals surface area contributed by atoms with Crippen LogP contribution < -0.4 is 16.5 Å². The lowest BCUT2D eigenvalue weighted by atomic mass is 10.1. The van der Waals surface area contributed by atoms with E-state index in [2.05, 4.69) is 20.5 Å². The number of halogens is 1. The summed E-state index contributed by atoms with van der Waals surface area (Å²) in [6.45, 7) is 0. The van der Waals surface area contributed by atoms with E-state index in [9.17, 15) is 9.59 Å². The number of hydrogen-bond acceptors (Lipinski definition) is 6. The van der Waals surface area contributed by atoms with Crippen LogP contribution in [0.25, 0.3) is 0 Å². The normalized spacial score (nSPS) is 10.1. The number of nitrogens with zero attached hydrogens (tertiary/aromatic N) is 1. The molecule has 1 heterocycles. The Morgan fingerprint density at radius 2 is 1.62 bits per heavy atom. The summed E-state index contributed by atoms with van der Waals surface area (Å²) >= 11 is 5.79. The number of carbonyl (C=O) groups excluding carboxylic acids is 2. The summed E-state index contributed by atoms with van der Waals surface area (Å²) in [5.74, 6) is 4.23. The van der Waals surface area contributed by atoms with Gasteiger partial charge in [0.2, 0.25) is 5.90 Å². The molecule has 8 nitrogen and oxygen atoms in total. The Balaban J connectivity index is 1.76. The zero-order valence-electron chi connectivity index (χ0n) is 15.0. The maximum atomic E-state index is 12.6. The third kappa shape index (κ3) is 4.95. The smallest absolute Gasteiger partial charge is 0.258 e. The zero-order chi connectivity index (χ0) is 20.8. The lowest BCUT2D eigenvalue weighted by molar-refractivity contribution is 0.102. The number of nitrogens with two attached hydrogens (primary N) is 1. The first-order chi connectivity index (χ1) is 14.0. The van der Waals surface area contributed by atoms with Crippen molar-refractivity contribution in [3.8, 4) is 0 Å². The molecular weight excluding hydrogens is 394 g/mol. The summed E-state index contributed by atoms with van der Waals surface area (Å²) in [6.07, 6.45) is 1.42. The van der Waals surface area contributed by atoms with Gasteiger partial charge in [0.15, 0.2) is 0 Å². The molecule has 0 unspecified atom stereocenters. The Hall–Kier alpha value is -3.75. The van der Waals surface area contributed by atoms with Crippen molar-refractivity contribution in [1.29, 1.82) is 5.41 Å².